The number of anilines is 2. The maximum Gasteiger partial charge on any atom is 0.253 e. The highest BCUT2D eigenvalue weighted by atomic mass is 32.1. The Hall–Kier alpha value is -3.58. The number of likely N-dealkylation sites (tertiary alicyclic amines) is 1. The van der Waals surface area contributed by atoms with Crippen LogP contribution in [0.15, 0.2) is 72.8 Å². The third-order valence-electron chi connectivity index (χ3n) is 6.52. The third kappa shape index (κ3) is 4.82. The van der Waals surface area contributed by atoms with Crippen LogP contribution in [0.2, 0.25) is 0 Å². The van der Waals surface area contributed by atoms with Crippen molar-refractivity contribution in [1.82, 2.24) is 9.88 Å². The summed E-state index contributed by atoms with van der Waals surface area (Å²) in [6.07, 6.45) is 2.07. The Morgan fingerprint density at radius 1 is 1.00 bits per heavy atom. The fraction of sp³-hybridized carbons (Fsp3) is 0.250. The van der Waals surface area contributed by atoms with E-state index >= 15 is 0 Å². The average molecular weight is 488 g/mol. The Labute approximate surface area is 207 Å². The quantitative estimate of drug-likeness (QED) is 0.336. The number of carbonyl (C=O) groups excluding carboxylic acids is 2. The highest BCUT2D eigenvalue weighted by molar-refractivity contribution is 7.22. The van der Waals surface area contributed by atoms with Gasteiger partial charge >= 0.3 is 0 Å². The Morgan fingerprint density at radius 2 is 1.69 bits per heavy atom. The normalized spacial score (nSPS) is 14.3. The van der Waals surface area contributed by atoms with Crippen LogP contribution in [0.25, 0.3) is 10.2 Å². The van der Waals surface area contributed by atoms with Crippen molar-refractivity contribution in [2.45, 2.75) is 26.2 Å². The minimum atomic E-state index is -0.368. The van der Waals surface area contributed by atoms with Gasteiger partial charge in [-0.15, -0.1) is 0 Å². The van der Waals surface area contributed by atoms with Gasteiger partial charge in [-0.25, -0.2) is 9.37 Å². The molecule has 178 valence electrons. The van der Waals surface area contributed by atoms with Gasteiger partial charge in [0.2, 0.25) is 5.91 Å². The summed E-state index contributed by atoms with van der Waals surface area (Å²) in [5, 5.41) is 0.658. The van der Waals surface area contributed by atoms with Crippen LogP contribution >= 0.6 is 11.3 Å². The topological polar surface area (TPSA) is 53.5 Å². The molecule has 3 aromatic carbocycles. The number of benzene rings is 3. The third-order valence-corrected chi connectivity index (χ3v) is 7.54. The molecule has 7 heteroatoms. The van der Waals surface area contributed by atoms with E-state index in [1.807, 2.05) is 48.5 Å². The molecule has 0 radical (unpaired) electrons. The van der Waals surface area contributed by atoms with Crippen molar-refractivity contribution in [3.63, 3.8) is 0 Å². The Balaban J connectivity index is 1.37. The molecular formula is C28H26FN3O2S. The number of rotatable bonds is 5. The summed E-state index contributed by atoms with van der Waals surface area (Å²) in [7, 11) is 0. The molecule has 0 atom stereocenters. The summed E-state index contributed by atoms with van der Waals surface area (Å²) in [6.45, 7) is 3.07. The molecule has 0 unspecified atom stereocenters. The van der Waals surface area contributed by atoms with Gasteiger partial charge in [0.1, 0.15) is 5.82 Å². The molecule has 5 nitrogen and oxygen atoms in total. The van der Waals surface area contributed by atoms with Crippen molar-refractivity contribution in [3.05, 3.63) is 89.7 Å². The predicted molar refractivity (Wildman–Crippen MR) is 138 cm³/mol. The average Bonchev–Trinajstić information content (AvgIpc) is 3.33. The maximum atomic E-state index is 13.9. The van der Waals surface area contributed by atoms with Crippen LogP contribution in [0.5, 0.6) is 0 Å². The predicted octanol–water partition coefficient (Wildman–Crippen LogP) is 6.21. The molecule has 1 saturated heterocycles. The Morgan fingerprint density at radius 3 is 2.34 bits per heavy atom. The number of para-hydroxylation sites is 1. The second-order valence-electron chi connectivity index (χ2n) is 8.73. The summed E-state index contributed by atoms with van der Waals surface area (Å²) < 4.78 is 14.3. The second kappa shape index (κ2) is 9.96. The maximum absolute atomic E-state index is 13.9. The monoisotopic (exact) mass is 487 g/mol. The first-order chi connectivity index (χ1) is 17.0. The number of hydrogen-bond donors (Lipinski definition) is 0. The minimum Gasteiger partial charge on any atom is -0.339 e. The number of hydrogen-bond acceptors (Lipinski definition) is 4. The van der Waals surface area contributed by atoms with Crippen molar-refractivity contribution in [3.8, 4) is 0 Å². The van der Waals surface area contributed by atoms with E-state index in [2.05, 4.69) is 6.92 Å². The lowest BCUT2D eigenvalue weighted by Crippen LogP contribution is -2.43. The van der Waals surface area contributed by atoms with Crippen molar-refractivity contribution >= 4 is 44.2 Å². The molecule has 4 aromatic rings. The molecule has 2 heterocycles. The fourth-order valence-corrected chi connectivity index (χ4v) is 5.45. The SMILES string of the molecule is CCc1ccc(N(C(=O)C2CCN(C(=O)c3ccc(F)cc3)CC2)c2nc3ccccc3s2)cc1. The summed E-state index contributed by atoms with van der Waals surface area (Å²) in [4.78, 5) is 34.9. The van der Waals surface area contributed by atoms with Crippen LogP contribution in [0.1, 0.15) is 35.7 Å². The lowest BCUT2D eigenvalue weighted by molar-refractivity contribution is -0.122. The van der Waals surface area contributed by atoms with Gasteiger partial charge < -0.3 is 4.90 Å². The number of aromatic nitrogens is 1. The lowest BCUT2D eigenvalue weighted by atomic mass is 9.94. The van der Waals surface area contributed by atoms with Gasteiger partial charge in [0, 0.05) is 24.6 Å². The van der Waals surface area contributed by atoms with Gasteiger partial charge in [0.15, 0.2) is 5.13 Å². The number of fused-ring (bicyclic) bond motifs is 1. The van der Waals surface area contributed by atoms with Gasteiger partial charge in [0.05, 0.1) is 15.9 Å². The van der Waals surface area contributed by atoms with Gasteiger partial charge in [-0.2, -0.15) is 0 Å². The summed E-state index contributed by atoms with van der Waals surface area (Å²) in [6, 6.07) is 21.5. The summed E-state index contributed by atoms with van der Waals surface area (Å²) in [5.41, 5.74) is 3.34. The second-order valence-corrected chi connectivity index (χ2v) is 9.74. The molecule has 1 aliphatic rings. The molecule has 0 spiro atoms. The lowest BCUT2D eigenvalue weighted by Gasteiger charge is -2.33. The molecule has 0 bridgehead atoms. The fourth-order valence-electron chi connectivity index (χ4n) is 4.46. The zero-order valence-corrected chi connectivity index (χ0v) is 20.3. The molecule has 1 aromatic heterocycles. The largest absolute Gasteiger partial charge is 0.339 e. The molecule has 1 aliphatic heterocycles. The van der Waals surface area contributed by atoms with E-state index in [-0.39, 0.29) is 23.5 Å². The molecule has 0 aliphatic carbocycles. The first kappa shape index (κ1) is 23.2. The number of nitrogens with zero attached hydrogens (tertiary/aromatic N) is 3. The van der Waals surface area contributed by atoms with Crippen LogP contribution in [0, 0.1) is 11.7 Å². The van der Waals surface area contributed by atoms with Gasteiger partial charge in [0.25, 0.3) is 5.91 Å². The summed E-state index contributed by atoms with van der Waals surface area (Å²) in [5.74, 6) is -0.714. The molecule has 2 amide bonds. The van der Waals surface area contributed by atoms with Crippen molar-refractivity contribution in [2.75, 3.05) is 18.0 Å². The molecule has 35 heavy (non-hydrogen) atoms. The van der Waals surface area contributed by atoms with Gasteiger partial charge in [-0.3, -0.25) is 14.5 Å². The molecule has 0 saturated carbocycles. The van der Waals surface area contributed by atoms with E-state index in [0.717, 1.165) is 22.3 Å². The van der Waals surface area contributed by atoms with E-state index in [0.29, 0.717) is 36.6 Å². The van der Waals surface area contributed by atoms with Crippen molar-refractivity contribution < 1.29 is 14.0 Å². The van der Waals surface area contributed by atoms with Crippen LogP contribution < -0.4 is 4.90 Å². The zero-order chi connectivity index (χ0) is 24.4. The number of carbonyl (C=O) groups is 2. The smallest absolute Gasteiger partial charge is 0.253 e. The van der Waals surface area contributed by atoms with Gasteiger partial charge in [-0.05, 0) is 73.4 Å². The van der Waals surface area contributed by atoms with E-state index in [9.17, 15) is 14.0 Å². The Bertz CT molecular complexity index is 1310. The number of thiazole rings is 1. The number of halogens is 1. The highest BCUT2D eigenvalue weighted by Gasteiger charge is 2.33. The first-order valence-electron chi connectivity index (χ1n) is 11.9. The van der Waals surface area contributed by atoms with Crippen LogP contribution in [-0.2, 0) is 11.2 Å². The summed E-state index contributed by atoms with van der Waals surface area (Å²) >= 11 is 1.51. The standard InChI is InChI=1S/C28H26FN3O2S/c1-2-19-7-13-23(14-8-19)32(28-30-24-5-3-4-6-25(24)35-28)27(34)21-15-17-31(18-16-21)26(33)20-9-11-22(29)12-10-20/h3-14,21H,2,15-18H2,1H3. The van der Waals surface area contributed by atoms with E-state index in [1.165, 1.54) is 41.2 Å². The minimum absolute atomic E-state index is 0.00202. The van der Waals surface area contributed by atoms with Crippen LogP contribution in [-0.4, -0.2) is 34.8 Å². The number of piperidine rings is 1. The van der Waals surface area contributed by atoms with E-state index < -0.39 is 0 Å². The Kier molecular flexibility index (Phi) is 6.59. The van der Waals surface area contributed by atoms with Crippen molar-refractivity contribution in [1.29, 1.82) is 0 Å². The molecule has 1 fully saturated rings. The van der Waals surface area contributed by atoms with Crippen LogP contribution in [0.3, 0.4) is 0 Å². The molecule has 5 rings (SSSR count). The van der Waals surface area contributed by atoms with Crippen molar-refractivity contribution in [2.24, 2.45) is 5.92 Å². The zero-order valence-electron chi connectivity index (χ0n) is 19.5. The number of aryl methyl sites for hydroxylation is 1. The van der Waals surface area contributed by atoms with E-state index in [4.69, 9.17) is 4.98 Å². The van der Waals surface area contributed by atoms with E-state index in [1.54, 1.807) is 9.80 Å². The van der Waals surface area contributed by atoms with Gasteiger partial charge in [-0.1, -0.05) is 42.5 Å². The van der Waals surface area contributed by atoms with Crippen LogP contribution in [0.4, 0.5) is 15.2 Å². The number of amides is 2. The molecular weight excluding hydrogens is 461 g/mol. The first-order valence-corrected chi connectivity index (χ1v) is 12.7. The molecule has 0 N–H and O–H groups in total. The highest BCUT2D eigenvalue weighted by Crippen LogP contribution is 2.36.